The van der Waals surface area contributed by atoms with E-state index in [0.717, 1.165) is 42.6 Å². The van der Waals surface area contributed by atoms with Crippen LogP contribution in [0.2, 0.25) is 0 Å². The first kappa shape index (κ1) is 33.2. The molecule has 4 aromatic rings. The fourth-order valence-corrected chi connectivity index (χ4v) is 7.19. The third-order valence-corrected chi connectivity index (χ3v) is 10.3. The van der Waals surface area contributed by atoms with Gasteiger partial charge in [-0.25, -0.2) is 9.59 Å². The second-order valence-corrected chi connectivity index (χ2v) is 14.0. The third-order valence-electron chi connectivity index (χ3n) is 10.3. The number of carboxylic acid groups (broad SMARTS) is 1. The summed E-state index contributed by atoms with van der Waals surface area (Å²) in [5, 5.41) is 17.2. The molecular weight excluding hydrogens is 636 g/mol. The Labute approximate surface area is 290 Å². The van der Waals surface area contributed by atoms with Gasteiger partial charge in [0.2, 0.25) is 11.8 Å². The molecule has 2 aromatic heterocycles. The maximum atomic E-state index is 12.2. The highest BCUT2D eigenvalue weighted by molar-refractivity contribution is 5.89. The van der Waals surface area contributed by atoms with Gasteiger partial charge in [0.25, 0.3) is 0 Å². The number of likely N-dealkylation sites (tertiary alicyclic amines) is 2. The van der Waals surface area contributed by atoms with E-state index in [9.17, 15) is 19.2 Å². The Morgan fingerprint density at radius 3 is 1.64 bits per heavy atom. The number of carbonyl (C=O) groups is 4. The van der Waals surface area contributed by atoms with E-state index < -0.39 is 5.97 Å². The Morgan fingerprint density at radius 1 is 0.760 bits per heavy atom. The van der Waals surface area contributed by atoms with Crippen molar-refractivity contribution in [3.8, 4) is 0 Å². The lowest BCUT2D eigenvalue weighted by Crippen LogP contribution is -2.28. The van der Waals surface area contributed by atoms with E-state index in [4.69, 9.17) is 9.84 Å². The predicted molar refractivity (Wildman–Crippen MR) is 182 cm³/mol. The summed E-state index contributed by atoms with van der Waals surface area (Å²) in [6.45, 7) is 10.6. The van der Waals surface area contributed by atoms with Crippen molar-refractivity contribution in [1.29, 1.82) is 0 Å². The van der Waals surface area contributed by atoms with Gasteiger partial charge in [0, 0.05) is 50.4 Å². The van der Waals surface area contributed by atoms with E-state index in [1.807, 2.05) is 22.8 Å². The molecule has 2 aromatic carbocycles. The second kappa shape index (κ2) is 13.6. The monoisotopic (exact) mass is 678 g/mol. The fourth-order valence-electron chi connectivity index (χ4n) is 7.19. The molecule has 0 radical (unpaired) electrons. The van der Waals surface area contributed by atoms with Crippen molar-refractivity contribution < 1.29 is 29.0 Å². The lowest BCUT2D eigenvalue weighted by atomic mass is 10.0. The fraction of sp³-hybridized carbons (Fsp3) is 0.421. The highest BCUT2D eigenvalue weighted by atomic mass is 16.5. The number of carboxylic acids is 1. The molecule has 0 bridgehead atoms. The molecule has 50 heavy (non-hydrogen) atoms. The topological polar surface area (TPSA) is 140 Å². The molecule has 1 N–H and O–H groups in total. The number of carbonyl (C=O) groups excluding carboxylic acids is 3. The van der Waals surface area contributed by atoms with E-state index in [1.165, 1.54) is 35.3 Å². The standard InChI is InChI=1S/C20H23N3O3.C18H19N3O3/c1-3-26-20(25)17-8-21-23(12-17)9-14-4-5-15(13(2)6-14)10-22-11-16-7-18(16)19(22)24;1-11-4-12(7-21-10-15(6-19-21)18(23)24)2-3-13(11)8-20-9-14-5-16(14)17(20)22/h4-6,8,12,16,18H,3,7,9-11H2,1-2H3;2-4,6,10,14,16H,5,7-9H2,1H3,(H,23,24). The van der Waals surface area contributed by atoms with Crippen LogP contribution in [0, 0.1) is 37.5 Å². The van der Waals surface area contributed by atoms with E-state index in [2.05, 4.69) is 47.5 Å². The minimum absolute atomic E-state index is 0.189. The van der Waals surface area contributed by atoms with Gasteiger partial charge in [-0.05, 0) is 78.8 Å². The Bertz CT molecular complexity index is 1960. The van der Waals surface area contributed by atoms with Crippen LogP contribution >= 0.6 is 0 Å². The van der Waals surface area contributed by atoms with Gasteiger partial charge in [-0.1, -0.05) is 36.4 Å². The van der Waals surface area contributed by atoms with Crippen LogP contribution in [0.25, 0.3) is 0 Å². The number of hydrogen-bond acceptors (Lipinski definition) is 7. The molecule has 8 rings (SSSR count). The van der Waals surface area contributed by atoms with E-state index in [1.54, 1.807) is 22.5 Å². The first-order valence-electron chi connectivity index (χ1n) is 17.3. The average Bonchev–Trinajstić information content (AvgIpc) is 3.80. The van der Waals surface area contributed by atoms with Crippen LogP contribution in [-0.4, -0.2) is 77.9 Å². The van der Waals surface area contributed by atoms with Crippen molar-refractivity contribution in [3.05, 3.63) is 106 Å². The molecule has 4 atom stereocenters. The number of nitrogens with zero attached hydrogens (tertiary/aromatic N) is 6. The summed E-state index contributed by atoms with van der Waals surface area (Å²) in [5.41, 5.74) is 7.50. The average molecular weight is 679 g/mol. The number of aromatic carboxylic acids is 1. The quantitative estimate of drug-likeness (QED) is 0.232. The van der Waals surface area contributed by atoms with Crippen molar-refractivity contribution in [2.45, 2.75) is 59.8 Å². The summed E-state index contributed by atoms with van der Waals surface area (Å²) in [4.78, 5) is 50.8. The largest absolute Gasteiger partial charge is 0.478 e. The van der Waals surface area contributed by atoms with Gasteiger partial charge in [0.1, 0.15) is 0 Å². The molecule has 2 saturated heterocycles. The van der Waals surface area contributed by atoms with Gasteiger partial charge < -0.3 is 19.6 Å². The lowest BCUT2D eigenvalue weighted by molar-refractivity contribution is -0.131. The Balaban J connectivity index is 0.000000157. The minimum Gasteiger partial charge on any atom is -0.478 e. The molecule has 4 unspecified atom stereocenters. The van der Waals surface area contributed by atoms with Crippen LogP contribution in [0.3, 0.4) is 0 Å². The molecule has 260 valence electrons. The van der Waals surface area contributed by atoms with Crippen LogP contribution in [0.4, 0.5) is 0 Å². The molecule has 4 aliphatic rings. The molecule has 4 fully saturated rings. The number of aryl methyl sites for hydroxylation is 2. The number of piperidine rings is 2. The van der Waals surface area contributed by atoms with Gasteiger partial charge in [0.05, 0.1) is 43.2 Å². The predicted octanol–water partition coefficient (Wildman–Crippen LogP) is 4.31. The molecule has 4 heterocycles. The second-order valence-electron chi connectivity index (χ2n) is 14.0. The lowest BCUT2D eigenvalue weighted by Gasteiger charge is -2.20. The molecule has 2 saturated carbocycles. The van der Waals surface area contributed by atoms with Crippen molar-refractivity contribution in [2.24, 2.45) is 23.7 Å². The summed E-state index contributed by atoms with van der Waals surface area (Å²) in [7, 11) is 0. The summed E-state index contributed by atoms with van der Waals surface area (Å²) in [5.74, 6) is 1.12. The van der Waals surface area contributed by atoms with Crippen LogP contribution in [0.5, 0.6) is 0 Å². The molecule has 12 heteroatoms. The zero-order valence-electron chi connectivity index (χ0n) is 28.6. The van der Waals surface area contributed by atoms with Crippen LogP contribution in [-0.2, 0) is 40.5 Å². The SMILES string of the molecule is CCOC(=O)c1cnn(Cc2ccc(CN3CC4CC4C3=O)c(C)c2)c1.Cc1cc(Cn2cc(C(=O)O)cn2)ccc1CN1CC2CC2C1=O. The number of ether oxygens (including phenoxy) is 1. The molecule has 2 aliphatic heterocycles. The molecule has 12 nitrogen and oxygen atoms in total. The van der Waals surface area contributed by atoms with Gasteiger partial charge >= 0.3 is 11.9 Å². The van der Waals surface area contributed by atoms with Crippen molar-refractivity contribution >= 4 is 23.8 Å². The Hall–Kier alpha value is -5.26. The number of amides is 2. The van der Waals surface area contributed by atoms with E-state index in [-0.39, 0.29) is 11.5 Å². The zero-order chi connectivity index (χ0) is 35.1. The number of rotatable bonds is 11. The maximum absolute atomic E-state index is 12.2. The number of benzene rings is 2. The Kier molecular flexibility index (Phi) is 9.02. The smallest absolute Gasteiger partial charge is 0.341 e. The van der Waals surface area contributed by atoms with Crippen molar-refractivity contribution in [3.63, 3.8) is 0 Å². The van der Waals surface area contributed by atoms with Gasteiger partial charge in [0.15, 0.2) is 0 Å². The summed E-state index contributed by atoms with van der Waals surface area (Å²) in [6, 6.07) is 12.4. The molecule has 0 spiro atoms. The van der Waals surface area contributed by atoms with Crippen LogP contribution in [0.1, 0.15) is 73.9 Å². The van der Waals surface area contributed by atoms with Crippen molar-refractivity contribution in [1.82, 2.24) is 29.4 Å². The summed E-state index contributed by atoms with van der Waals surface area (Å²) < 4.78 is 8.34. The van der Waals surface area contributed by atoms with Gasteiger partial charge in [-0.2, -0.15) is 10.2 Å². The first-order chi connectivity index (χ1) is 24.1. The molecule has 2 amide bonds. The normalized spacial score (nSPS) is 21.4. The highest BCUT2D eigenvalue weighted by Gasteiger charge is 2.52. The summed E-state index contributed by atoms with van der Waals surface area (Å²) >= 11 is 0. The Morgan fingerprint density at radius 2 is 1.24 bits per heavy atom. The highest BCUT2D eigenvalue weighted by Crippen LogP contribution is 2.47. The summed E-state index contributed by atoms with van der Waals surface area (Å²) in [6.07, 6.45) is 8.29. The number of fused-ring (bicyclic) bond motifs is 2. The van der Waals surface area contributed by atoms with E-state index in [0.29, 0.717) is 73.8 Å². The number of hydrogen-bond donors (Lipinski definition) is 1. The zero-order valence-corrected chi connectivity index (χ0v) is 28.6. The third kappa shape index (κ3) is 7.19. The first-order valence-corrected chi connectivity index (χ1v) is 17.3. The molecule has 2 aliphatic carbocycles. The van der Waals surface area contributed by atoms with Gasteiger partial charge in [-0.15, -0.1) is 0 Å². The number of esters is 1. The number of aromatic nitrogens is 4. The minimum atomic E-state index is -0.971. The van der Waals surface area contributed by atoms with Crippen molar-refractivity contribution in [2.75, 3.05) is 19.7 Å². The van der Waals surface area contributed by atoms with Gasteiger partial charge in [-0.3, -0.25) is 19.0 Å². The van der Waals surface area contributed by atoms with Crippen LogP contribution in [0.15, 0.2) is 61.2 Å². The maximum Gasteiger partial charge on any atom is 0.341 e. The van der Waals surface area contributed by atoms with E-state index >= 15 is 0 Å². The van der Waals surface area contributed by atoms with Crippen LogP contribution < -0.4 is 0 Å². The molecular formula is C38H42N6O6.